The van der Waals surface area contributed by atoms with Crippen LogP contribution >= 0.6 is 0 Å². The summed E-state index contributed by atoms with van der Waals surface area (Å²) < 4.78 is 5.26. The Morgan fingerprint density at radius 1 is 1.41 bits per heavy atom. The van der Waals surface area contributed by atoms with E-state index in [1.54, 1.807) is 0 Å². The van der Waals surface area contributed by atoms with Crippen LogP contribution in [0, 0.1) is 5.92 Å². The summed E-state index contributed by atoms with van der Waals surface area (Å²) >= 11 is 0. The van der Waals surface area contributed by atoms with Gasteiger partial charge in [0.05, 0.1) is 6.61 Å². The molecule has 0 aromatic carbocycles. The van der Waals surface area contributed by atoms with Gasteiger partial charge in [-0.1, -0.05) is 27.7 Å². The lowest BCUT2D eigenvalue weighted by Crippen LogP contribution is -2.49. The summed E-state index contributed by atoms with van der Waals surface area (Å²) in [5.41, 5.74) is 0. The Hall–Kier alpha value is -0.770. The molecule has 1 rings (SSSR count). The van der Waals surface area contributed by atoms with Gasteiger partial charge in [0.2, 0.25) is 0 Å². The molecule has 4 heteroatoms. The molecule has 0 saturated carbocycles. The minimum atomic E-state index is -0.158. The molecule has 1 aliphatic heterocycles. The molecule has 17 heavy (non-hydrogen) atoms. The maximum atomic E-state index is 11.8. The van der Waals surface area contributed by atoms with Crippen LogP contribution in [0.5, 0.6) is 0 Å². The fourth-order valence-electron chi connectivity index (χ4n) is 2.08. The molecular formula is C13H26N2O2. The highest BCUT2D eigenvalue weighted by Crippen LogP contribution is 2.12. The Morgan fingerprint density at radius 3 is 2.71 bits per heavy atom. The van der Waals surface area contributed by atoms with E-state index in [4.69, 9.17) is 4.74 Å². The van der Waals surface area contributed by atoms with Crippen molar-refractivity contribution >= 4 is 6.09 Å². The van der Waals surface area contributed by atoms with Gasteiger partial charge in [0.25, 0.3) is 0 Å². The molecule has 0 radical (unpaired) electrons. The Labute approximate surface area is 105 Å². The van der Waals surface area contributed by atoms with Gasteiger partial charge in [-0.25, -0.2) is 4.79 Å². The van der Waals surface area contributed by atoms with Gasteiger partial charge in [0.1, 0.15) is 0 Å². The van der Waals surface area contributed by atoms with Gasteiger partial charge in [-0.3, -0.25) is 0 Å². The molecule has 1 amide bonds. The first-order valence-electron chi connectivity index (χ1n) is 6.66. The van der Waals surface area contributed by atoms with Gasteiger partial charge < -0.3 is 15.0 Å². The number of likely N-dealkylation sites (tertiary alicyclic amines) is 1. The number of nitrogens with one attached hydrogen (secondary N) is 1. The Kier molecular flexibility index (Phi) is 5.75. The van der Waals surface area contributed by atoms with Crippen molar-refractivity contribution in [3.8, 4) is 0 Å². The van der Waals surface area contributed by atoms with Gasteiger partial charge in [-0.2, -0.15) is 0 Å². The Bertz CT molecular complexity index is 242. The highest BCUT2D eigenvalue weighted by atomic mass is 16.6. The summed E-state index contributed by atoms with van der Waals surface area (Å²) in [5.74, 6) is 0.397. The molecular weight excluding hydrogens is 216 g/mol. The minimum Gasteiger partial charge on any atom is -0.449 e. The quantitative estimate of drug-likeness (QED) is 0.822. The van der Waals surface area contributed by atoms with Crippen LogP contribution in [0.1, 0.15) is 40.5 Å². The SMILES string of the molecule is CC(C)COC(=O)N1CCCC(NC(C)C)C1. The normalized spacial score (nSPS) is 21.1. The van der Waals surface area contributed by atoms with Crippen LogP contribution in [0.2, 0.25) is 0 Å². The molecule has 0 aliphatic carbocycles. The summed E-state index contributed by atoms with van der Waals surface area (Å²) in [6, 6.07) is 0.877. The van der Waals surface area contributed by atoms with Crippen molar-refractivity contribution in [3.05, 3.63) is 0 Å². The minimum absolute atomic E-state index is 0.158. The number of carbonyl (C=O) groups is 1. The van der Waals surface area contributed by atoms with E-state index < -0.39 is 0 Å². The summed E-state index contributed by atoms with van der Waals surface area (Å²) in [6.45, 7) is 10.5. The number of hydrogen-bond acceptors (Lipinski definition) is 3. The van der Waals surface area contributed by atoms with E-state index in [1.807, 2.05) is 18.7 Å². The molecule has 0 bridgehead atoms. The second kappa shape index (κ2) is 6.84. The van der Waals surface area contributed by atoms with Crippen LogP contribution in [0.15, 0.2) is 0 Å². The average Bonchev–Trinajstić information content (AvgIpc) is 2.25. The molecule has 1 N–H and O–H groups in total. The first kappa shape index (κ1) is 14.3. The number of carbonyl (C=O) groups excluding carboxylic acids is 1. The summed E-state index contributed by atoms with van der Waals surface area (Å²) in [7, 11) is 0. The molecule has 1 aliphatic rings. The van der Waals surface area contributed by atoms with E-state index in [1.165, 1.54) is 0 Å². The first-order chi connectivity index (χ1) is 7.99. The lowest BCUT2D eigenvalue weighted by atomic mass is 10.1. The van der Waals surface area contributed by atoms with Gasteiger partial charge in [0, 0.05) is 25.2 Å². The van der Waals surface area contributed by atoms with Crippen molar-refractivity contribution in [1.82, 2.24) is 10.2 Å². The van der Waals surface area contributed by atoms with Crippen LogP contribution in [-0.2, 0) is 4.74 Å². The van der Waals surface area contributed by atoms with Crippen molar-refractivity contribution in [1.29, 1.82) is 0 Å². The van der Waals surface area contributed by atoms with E-state index in [9.17, 15) is 4.79 Å². The molecule has 1 heterocycles. The van der Waals surface area contributed by atoms with Crippen LogP contribution in [0.25, 0.3) is 0 Å². The zero-order valence-corrected chi connectivity index (χ0v) is 11.5. The number of hydrogen-bond donors (Lipinski definition) is 1. The lowest BCUT2D eigenvalue weighted by Gasteiger charge is -2.33. The lowest BCUT2D eigenvalue weighted by molar-refractivity contribution is 0.0792. The van der Waals surface area contributed by atoms with Gasteiger partial charge >= 0.3 is 6.09 Å². The predicted molar refractivity (Wildman–Crippen MR) is 69.1 cm³/mol. The van der Waals surface area contributed by atoms with Crippen LogP contribution in [0.4, 0.5) is 4.79 Å². The molecule has 1 unspecified atom stereocenters. The number of nitrogens with zero attached hydrogens (tertiary/aromatic N) is 1. The highest BCUT2D eigenvalue weighted by Gasteiger charge is 2.24. The second-order valence-corrected chi connectivity index (χ2v) is 5.58. The fraction of sp³-hybridized carbons (Fsp3) is 0.923. The summed E-state index contributed by atoms with van der Waals surface area (Å²) in [4.78, 5) is 13.6. The number of amides is 1. The number of ether oxygens (including phenoxy) is 1. The van der Waals surface area contributed by atoms with Crippen molar-refractivity contribution in [3.63, 3.8) is 0 Å². The molecule has 1 fully saturated rings. The largest absolute Gasteiger partial charge is 0.449 e. The molecule has 1 saturated heterocycles. The standard InChI is InChI=1S/C13H26N2O2/c1-10(2)9-17-13(16)15-7-5-6-12(8-15)14-11(3)4/h10-12,14H,5-9H2,1-4H3. The van der Waals surface area contributed by atoms with Gasteiger partial charge in [0.15, 0.2) is 0 Å². The van der Waals surface area contributed by atoms with Crippen molar-refractivity contribution in [2.24, 2.45) is 5.92 Å². The molecule has 0 aromatic rings. The van der Waals surface area contributed by atoms with Crippen LogP contribution in [0.3, 0.4) is 0 Å². The van der Waals surface area contributed by atoms with E-state index in [0.717, 1.165) is 25.9 Å². The zero-order chi connectivity index (χ0) is 12.8. The van der Waals surface area contributed by atoms with Crippen LogP contribution < -0.4 is 5.32 Å². The zero-order valence-electron chi connectivity index (χ0n) is 11.5. The molecule has 1 atom stereocenters. The molecule has 100 valence electrons. The maximum absolute atomic E-state index is 11.8. The molecule has 4 nitrogen and oxygen atoms in total. The molecule has 0 spiro atoms. The fourth-order valence-corrected chi connectivity index (χ4v) is 2.08. The van der Waals surface area contributed by atoms with Crippen molar-refractivity contribution < 1.29 is 9.53 Å². The first-order valence-corrected chi connectivity index (χ1v) is 6.66. The molecule has 0 aromatic heterocycles. The van der Waals surface area contributed by atoms with Gasteiger partial charge in [-0.05, 0) is 18.8 Å². The van der Waals surface area contributed by atoms with E-state index in [2.05, 4.69) is 19.2 Å². The number of rotatable bonds is 4. The third-order valence-corrected chi connectivity index (χ3v) is 2.79. The Morgan fingerprint density at radius 2 is 2.12 bits per heavy atom. The topological polar surface area (TPSA) is 41.6 Å². The van der Waals surface area contributed by atoms with Crippen LogP contribution in [-0.4, -0.2) is 42.8 Å². The van der Waals surface area contributed by atoms with Crippen molar-refractivity contribution in [2.75, 3.05) is 19.7 Å². The average molecular weight is 242 g/mol. The third kappa shape index (κ3) is 5.39. The third-order valence-electron chi connectivity index (χ3n) is 2.79. The predicted octanol–water partition coefficient (Wildman–Crippen LogP) is 2.24. The number of piperidine rings is 1. The monoisotopic (exact) mass is 242 g/mol. The van der Waals surface area contributed by atoms with E-state index in [0.29, 0.717) is 24.6 Å². The van der Waals surface area contributed by atoms with E-state index in [-0.39, 0.29) is 6.09 Å². The van der Waals surface area contributed by atoms with Crippen molar-refractivity contribution in [2.45, 2.75) is 52.6 Å². The Balaban J connectivity index is 2.35. The summed E-state index contributed by atoms with van der Waals surface area (Å²) in [5, 5.41) is 3.48. The van der Waals surface area contributed by atoms with E-state index >= 15 is 0 Å². The smallest absolute Gasteiger partial charge is 0.409 e. The summed E-state index contributed by atoms with van der Waals surface area (Å²) in [6.07, 6.45) is 2.04. The van der Waals surface area contributed by atoms with Gasteiger partial charge in [-0.15, -0.1) is 0 Å². The maximum Gasteiger partial charge on any atom is 0.409 e. The second-order valence-electron chi connectivity index (χ2n) is 5.58. The highest BCUT2D eigenvalue weighted by molar-refractivity contribution is 5.67.